The van der Waals surface area contributed by atoms with Crippen molar-refractivity contribution in [3.05, 3.63) is 37.9 Å². The summed E-state index contributed by atoms with van der Waals surface area (Å²) in [4.78, 5) is 10.3. The molecule has 0 N–H and O–H groups in total. The molecule has 0 heterocycles. The van der Waals surface area contributed by atoms with Gasteiger partial charge in [-0.05, 0) is 46.9 Å². The van der Waals surface area contributed by atoms with Crippen LogP contribution in [0.25, 0.3) is 0 Å². The number of rotatable bonds is 2. The summed E-state index contributed by atoms with van der Waals surface area (Å²) in [6.07, 6.45) is 0. The van der Waals surface area contributed by atoms with Gasteiger partial charge in [0.2, 0.25) is 0 Å². The lowest BCUT2D eigenvalue weighted by molar-refractivity contribution is -0.490. The highest BCUT2D eigenvalue weighted by molar-refractivity contribution is 14.1. The van der Waals surface area contributed by atoms with Crippen LogP contribution in [-0.2, 0) is 0 Å². The molecular weight excluding hydrogens is 271 g/mol. The molecular formula is C7H7IN2O2. The molecule has 0 aliphatic rings. The van der Waals surface area contributed by atoms with E-state index in [1.165, 1.54) is 7.05 Å². The van der Waals surface area contributed by atoms with Gasteiger partial charge in [0.1, 0.15) is 5.69 Å². The van der Waals surface area contributed by atoms with E-state index < -0.39 is 5.03 Å². The molecule has 0 fully saturated rings. The molecule has 5 heteroatoms. The average Bonchev–Trinajstić information content (AvgIpc) is 2.04. The van der Waals surface area contributed by atoms with Crippen LogP contribution < -0.4 is 5.01 Å². The molecule has 0 radical (unpaired) electrons. The van der Waals surface area contributed by atoms with Crippen molar-refractivity contribution in [2.45, 2.75) is 0 Å². The van der Waals surface area contributed by atoms with Gasteiger partial charge in [-0.1, -0.05) is 5.01 Å². The Morgan fingerprint density at radius 2 is 1.92 bits per heavy atom. The first-order chi connectivity index (χ1) is 5.61. The smallest absolute Gasteiger partial charge is 0.164 e. The van der Waals surface area contributed by atoms with Crippen LogP contribution in [0.15, 0.2) is 24.3 Å². The maximum atomic E-state index is 10.3. The zero-order chi connectivity index (χ0) is 9.14. The predicted octanol–water partition coefficient (Wildman–Crippen LogP) is 1.92. The number of hydrogen-bond donors (Lipinski definition) is 0. The Labute approximate surface area is 83.4 Å². The highest BCUT2D eigenvalue weighted by Gasteiger charge is 2.08. The minimum absolute atomic E-state index is 0.456. The Kier molecular flexibility index (Phi) is 2.85. The molecule has 64 valence electrons. The first-order valence-corrected chi connectivity index (χ1v) is 4.33. The van der Waals surface area contributed by atoms with Crippen LogP contribution in [-0.4, -0.2) is 12.1 Å². The quantitative estimate of drug-likeness (QED) is 0.471. The van der Waals surface area contributed by atoms with Crippen molar-refractivity contribution in [2.75, 3.05) is 12.1 Å². The normalized spacial score (nSPS) is 9.50. The third-order valence-corrected chi connectivity index (χ3v) is 2.16. The predicted molar refractivity (Wildman–Crippen MR) is 54.6 cm³/mol. The molecule has 0 saturated heterocycles. The lowest BCUT2D eigenvalue weighted by Crippen LogP contribution is -2.24. The van der Waals surface area contributed by atoms with E-state index in [0.29, 0.717) is 5.69 Å². The van der Waals surface area contributed by atoms with Gasteiger partial charge in [0.05, 0.1) is 7.05 Å². The molecule has 0 aliphatic carbocycles. The number of halogens is 1. The third-order valence-electron chi connectivity index (χ3n) is 1.45. The Balaban J connectivity index is 2.89. The highest BCUT2D eigenvalue weighted by atomic mass is 127. The molecule has 1 aromatic rings. The zero-order valence-electron chi connectivity index (χ0n) is 6.40. The van der Waals surface area contributed by atoms with Gasteiger partial charge in [-0.15, -0.1) is 0 Å². The molecule has 1 aromatic carbocycles. The SMILES string of the molecule is CN(c1ccc(I)cc1)[N+](=O)[O-]. The van der Waals surface area contributed by atoms with Crippen molar-refractivity contribution in [1.82, 2.24) is 0 Å². The fourth-order valence-electron chi connectivity index (χ4n) is 0.751. The summed E-state index contributed by atoms with van der Waals surface area (Å²) in [5.41, 5.74) is 0.584. The van der Waals surface area contributed by atoms with Gasteiger partial charge in [-0.2, -0.15) is 0 Å². The van der Waals surface area contributed by atoms with Crippen LogP contribution in [0.2, 0.25) is 0 Å². The molecule has 0 amide bonds. The number of benzene rings is 1. The van der Waals surface area contributed by atoms with Crippen molar-refractivity contribution in [3.8, 4) is 0 Å². The number of nitro groups is 1. The zero-order valence-corrected chi connectivity index (χ0v) is 8.56. The summed E-state index contributed by atoms with van der Waals surface area (Å²) in [6.45, 7) is 0. The van der Waals surface area contributed by atoms with Crippen LogP contribution in [0, 0.1) is 13.7 Å². The van der Waals surface area contributed by atoms with Crippen LogP contribution in [0.4, 0.5) is 5.69 Å². The van der Waals surface area contributed by atoms with Crippen LogP contribution in [0.5, 0.6) is 0 Å². The minimum Gasteiger partial charge on any atom is -0.234 e. The molecule has 1 rings (SSSR count). The number of hydrazine groups is 1. The molecule has 0 saturated carbocycles. The summed E-state index contributed by atoms with van der Waals surface area (Å²) in [7, 11) is 1.42. The van der Waals surface area contributed by atoms with Gasteiger partial charge in [0.15, 0.2) is 5.03 Å². The standard InChI is InChI=1S/C7H7IN2O2/c1-9(10(11)12)7-4-2-6(8)3-5-7/h2-5H,1H3. The maximum Gasteiger partial charge on any atom is 0.164 e. The van der Waals surface area contributed by atoms with E-state index >= 15 is 0 Å². The Bertz CT molecular complexity index is 286. The molecule has 4 nitrogen and oxygen atoms in total. The van der Waals surface area contributed by atoms with Crippen molar-refractivity contribution in [1.29, 1.82) is 0 Å². The van der Waals surface area contributed by atoms with E-state index in [4.69, 9.17) is 0 Å². The largest absolute Gasteiger partial charge is 0.234 e. The summed E-state index contributed by atoms with van der Waals surface area (Å²) < 4.78 is 1.06. The van der Waals surface area contributed by atoms with Gasteiger partial charge in [-0.3, -0.25) is 0 Å². The first-order valence-electron chi connectivity index (χ1n) is 3.25. The number of anilines is 1. The van der Waals surface area contributed by atoms with Crippen LogP contribution in [0.1, 0.15) is 0 Å². The molecule has 0 bridgehead atoms. The van der Waals surface area contributed by atoms with E-state index in [-0.39, 0.29) is 0 Å². The van der Waals surface area contributed by atoms with Gasteiger partial charge >= 0.3 is 0 Å². The fraction of sp³-hybridized carbons (Fsp3) is 0.143. The topological polar surface area (TPSA) is 46.4 Å². The van der Waals surface area contributed by atoms with Gasteiger partial charge < -0.3 is 0 Å². The van der Waals surface area contributed by atoms with E-state index in [2.05, 4.69) is 22.6 Å². The van der Waals surface area contributed by atoms with Gasteiger partial charge in [0, 0.05) is 3.57 Å². The summed E-state index contributed by atoms with van der Waals surface area (Å²) in [6, 6.07) is 7.08. The number of hydrogen-bond acceptors (Lipinski definition) is 2. The third kappa shape index (κ3) is 2.07. The van der Waals surface area contributed by atoms with Crippen molar-refractivity contribution < 1.29 is 5.03 Å². The Morgan fingerprint density at radius 1 is 1.42 bits per heavy atom. The Morgan fingerprint density at radius 3 is 2.33 bits per heavy atom. The molecule has 0 aliphatic heterocycles. The van der Waals surface area contributed by atoms with E-state index in [1.54, 1.807) is 12.1 Å². The Hall–Kier alpha value is -0.850. The molecule has 0 aromatic heterocycles. The van der Waals surface area contributed by atoms with Gasteiger partial charge in [-0.25, -0.2) is 10.1 Å². The highest BCUT2D eigenvalue weighted by Crippen LogP contribution is 2.14. The first kappa shape index (κ1) is 9.24. The van der Waals surface area contributed by atoms with Crippen LogP contribution in [0.3, 0.4) is 0 Å². The maximum absolute atomic E-state index is 10.3. The average molecular weight is 278 g/mol. The van der Waals surface area contributed by atoms with Gasteiger partial charge in [0.25, 0.3) is 0 Å². The second kappa shape index (κ2) is 3.70. The van der Waals surface area contributed by atoms with Crippen LogP contribution >= 0.6 is 22.6 Å². The van der Waals surface area contributed by atoms with Crippen molar-refractivity contribution in [3.63, 3.8) is 0 Å². The molecule has 0 atom stereocenters. The lowest BCUT2D eigenvalue weighted by Gasteiger charge is -2.07. The number of nitrogens with zero attached hydrogens (tertiary/aromatic N) is 2. The van der Waals surface area contributed by atoms with E-state index in [0.717, 1.165) is 8.58 Å². The van der Waals surface area contributed by atoms with Crippen molar-refractivity contribution >= 4 is 28.3 Å². The molecule has 0 unspecified atom stereocenters. The molecule has 0 spiro atoms. The fourth-order valence-corrected chi connectivity index (χ4v) is 1.11. The summed E-state index contributed by atoms with van der Waals surface area (Å²) in [5.74, 6) is 0. The summed E-state index contributed by atoms with van der Waals surface area (Å²) >= 11 is 2.15. The van der Waals surface area contributed by atoms with E-state index in [1.807, 2.05) is 12.1 Å². The second-order valence-electron chi connectivity index (χ2n) is 2.24. The van der Waals surface area contributed by atoms with Crippen molar-refractivity contribution in [2.24, 2.45) is 0 Å². The molecule has 12 heavy (non-hydrogen) atoms. The summed E-state index contributed by atoms with van der Waals surface area (Å²) in [5, 5.41) is 10.8. The monoisotopic (exact) mass is 278 g/mol. The van der Waals surface area contributed by atoms with E-state index in [9.17, 15) is 10.1 Å². The lowest BCUT2D eigenvalue weighted by atomic mass is 10.3. The minimum atomic E-state index is -0.456. The second-order valence-corrected chi connectivity index (χ2v) is 3.48.